The summed E-state index contributed by atoms with van der Waals surface area (Å²) in [4.78, 5) is 23.0. The summed E-state index contributed by atoms with van der Waals surface area (Å²) in [6, 6.07) is 4.46. The van der Waals surface area contributed by atoms with E-state index in [9.17, 15) is 9.59 Å². The van der Waals surface area contributed by atoms with Crippen molar-refractivity contribution in [3.8, 4) is 5.75 Å². The largest absolute Gasteiger partial charge is 0.491 e. The molecule has 0 aliphatic rings. The van der Waals surface area contributed by atoms with Gasteiger partial charge in [-0.3, -0.25) is 0 Å². The topological polar surface area (TPSA) is 61.8 Å². The van der Waals surface area contributed by atoms with Gasteiger partial charge in [0.2, 0.25) is 0 Å². The predicted molar refractivity (Wildman–Crippen MR) is 64.9 cm³/mol. The van der Waals surface area contributed by atoms with Crippen LogP contribution in [0.4, 0.5) is 0 Å². The first-order valence-corrected chi connectivity index (χ1v) is 5.46. The van der Waals surface area contributed by atoms with Crippen molar-refractivity contribution in [2.24, 2.45) is 0 Å². The Hall–Kier alpha value is -2.04. The van der Waals surface area contributed by atoms with Crippen LogP contribution in [0.3, 0.4) is 0 Å². The number of benzene rings is 1. The second-order valence-corrected chi connectivity index (χ2v) is 3.90. The predicted octanol–water partition coefficient (Wildman–Crippen LogP) is 2.05. The number of esters is 2. The highest BCUT2D eigenvalue weighted by Crippen LogP contribution is 2.20. The third kappa shape index (κ3) is 3.48. The summed E-state index contributed by atoms with van der Waals surface area (Å²) < 4.78 is 14.7. The normalized spacial score (nSPS) is 10.1. The van der Waals surface area contributed by atoms with Crippen LogP contribution < -0.4 is 4.74 Å². The molecule has 0 atom stereocenters. The molecule has 0 aliphatic heterocycles. The van der Waals surface area contributed by atoms with Crippen LogP contribution in [0.5, 0.6) is 5.75 Å². The number of hydrogen-bond acceptors (Lipinski definition) is 5. The number of ether oxygens (including phenoxy) is 3. The molecule has 0 radical (unpaired) electrons. The lowest BCUT2D eigenvalue weighted by Crippen LogP contribution is -2.10. The van der Waals surface area contributed by atoms with E-state index in [1.54, 1.807) is 0 Å². The van der Waals surface area contributed by atoms with E-state index >= 15 is 0 Å². The van der Waals surface area contributed by atoms with E-state index in [-0.39, 0.29) is 17.2 Å². The van der Waals surface area contributed by atoms with Gasteiger partial charge < -0.3 is 14.2 Å². The number of carbonyl (C=O) groups excluding carboxylic acids is 2. The first-order valence-electron chi connectivity index (χ1n) is 5.46. The second-order valence-electron chi connectivity index (χ2n) is 3.90. The van der Waals surface area contributed by atoms with Gasteiger partial charge in [0.15, 0.2) is 0 Å². The van der Waals surface area contributed by atoms with Crippen LogP contribution >= 0.6 is 0 Å². The van der Waals surface area contributed by atoms with Crippen LogP contribution in [0.15, 0.2) is 18.2 Å². The van der Waals surface area contributed by atoms with Gasteiger partial charge in [-0.25, -0.2) is 9.59 Å². The molecule has 0 saturated heterocycles. The summed E-state index contributed by atoms with van der Waals surface area (Å²) >= 11 is 0. The third-order valence-corrected chi connectivity index (χ3v) is 2.12. The Balaban J connectivity index is 3.19. The Kier molecular flexibility index (Phi) is 4.71. The molecule has 0 N–H and O–H groups in total. The maximum Gasteiger partial charge on any atom is 0.338 e. The minimum atomic E-state index is -0.533. The molecule has 0 aliphatic carbocycles. The molecule has 1 aromatic rings. The fraction of sp³-hybridized carbons (Fsp3) is 0.385. The number of carbonyl (C=O) groups is 2. The molecule has 0 bridgehead atoms. The van der Waals surface area contributed by atoms with Crippen molar-refractivity contribution in [1.82, 2.24) is 0 Å². The van der Waals surface area contributed by atoms with Gasteiger partial charge in [-0.1, -0.05) is 0 Å². The maximum absolute atomic E-state index is 11.5. The highest BCUT2D eigenvalue weighted by molar-refractivity contribution is 5.96. The van der Waals surface area contributed by atoms with Gasteiger partial charge in [0.25, 0.3) is 0 Å². The molecule has 0 fully saturated rings. The first kappa shape index (κ1) is 14.0. The van der Waals surface area contributed by atoms with Gasteiger partial charge >= 0.3 is 11.9 Å². The van der Waals surface area contributed by atoms with Crippen molar-refractivity contribution < 1.29 is 23.8 Å². The van der Waals surface area contributed by atoms with Crippen LogP contribution in [0, 0.1) is 0 Å². The Morgan fingerprint density at radius 3 is 1.72 bits per heavy atom. The van der Waals surface area contributed by atoms with Crippen LogP contribution in [-0.4, -0.2) is 32.3 Å². The summed E-state index contributed by atoms with van der Waals surface area (Å²) in [5.41, 5.74) is 0.493. The van der Waals surface area contributed by atoms with Crippen molar-refractivity contribution >= 4 is 11.9 Å². The summed E-state index contributed by atoms with van der Waals surface area (Å²) in [7, 11) is 2.55. The zero-order valence-electron chi connectivity index (χ0n) is 10.9. The molecule has 1 rings (SSSR count). The average molecular weight is 252 g/mol. The fourth-order valence-electron chi connectivity index (χ4n) is 1.41. The fourth-order valence-corrected chi connectivity index (χ4v) is 1.41. The van der Waals surface area contributed by atoms with E-state index in [1.165, 1.54) is 32.4 Å². The van der Waals surface area contributed by atoms with Crippen molar-refractivity contribution in [2.75, 3.05) is 14.2 Å². The van der Waals surface area contributed by atoms with Crippen molar-refractivity contribution in [1.29, 1.82) is 0 Å². The van der Waals surface area contributed by atoms with Gasteiger partial charge in [-0.2, -0.15) is 0 Å². The zero-order chi connectivity index (χ0) is 13.7. The van der Waals surface area contributed by atoms with Crippen LogP contribution in [0.2, 0.25) is 0 Å². The van der Waals surface area contributed by atoms with Gasteiger partial charge in [0.1, 0.15) is 5.75 Å². The van der Waals surface area contributed by atoms with Gasteiger partial charge in [0.05, 0.1) is 31.5 Å². The first-order chi connectivity index (χ1) is 8.47. The molecule has 0 aromatic heterocycles. The molecule has 5 nitrogen and oxygen atoms in total. The van der Waals surface area contributed by atoms with E-state index in [0.29, 0.717) is 5.75 Å². The van der Waals surface area contributed by atoms with E-state index in [4.69, 9.17) is 4.74 Å². The minimum Gasteiger partial charge on any atom is -0.491 e. The third-order valence-electron chi connectivity index (χ3n) is 2.12. The highest BCUT2D eigenvalue weighted by Gasteiger charge is 2.14. The lowest BCUT2D eigenvalue weighted by molar-refractivity contribution is 0.0597. The Labute approximate surface area is 106 Å². The van der Waals surface area contributed by atoms with Crippen molar-refractivity contribution in [3.05, 3.63) is 29.3 Å². The molecule has 0 spiro atoms. The molecule has 1 aromatic carbocycles. The van der Waals surface area contributed by atoms with Gasteiger partial charge in [-0.15, -0.1) is 0 Å². The summed E-state index contributed by atoms with van der Waals surface area (Å²) in [6.07, 6.45) is -0.0663. The van der Waals surface area contributed by atoms with E-state index in [1.807, 2.05) is 13.8 Å². The summed E-state index contributed by atoms with van der Waals surface area (Å²) in [6.45, 7) is 3.70. The summed E-state index contributed by atoms with van der Waals surface area (Å²) in [5.74, 6) is -0.642. The molecule has 0 amide bonds. The SMILES string of the molecule is COC(=O)c1cc(OC(C)C)cc(C(=O)OC)c1. The summed E-state index contributed by atoms with van der Waals surface area (Å²) in [5, 5.41) is 0. The molecule has 5 heteroatoms. The Morgan fingerprint density at radius 2 is 1.39 bits per heavy atom. The zero-order valence-corrected chi connectivity index (χ0v) is 10.9. The monoisotopic (exact) mass is 252 g/mol. The number of rotatable bonds is 4. The lowest BCUT2D eigenvalue weighted by Gasteiger charge is -2.12. The quantitative estimate of drug-likeness (QED) is 0.767. The van der Waals surface area contributed by atoms with E-state index in [0.717, 1.165) is 0 Å². The van der Waals surface area contributed by atoms with Crippen LogP contribution in [0.25, 0.3) is 0 Å². The number of methoxy groups -OCH3 is 2. The molecule has 18 heavy (non-hydrogen) atoms. The Morgan fingerprint density at radius 1 is 0.944 bits per heavy atom. The molecule has 0 saturated carbocycles. The molecule has 0 heterocycles. The highest BCUT2D eigenvalue weighted by atomic mass is 16.5. The van der Waals surface area contributed by atoms with Crippen LogP contribution in [0.1, 0.15) is 34.6 Å². The Bertz CT molecular complexity index is 416. The van der Waals surface area contributed by atoms with E-state index in [2.05, 4.69) is 9.47 Å². The standard InChI is InChI=1S/C13H16O5/c1-8(2)18-11-6-9(12(14)16-3)5-10(7-11)13(15)17-4/h5-8H,1-4H3. The lowest BCUT2D eigenvalue weighted by atomic mass is 10.1. The smallest absolute Gasteiger partial charge is 0.338 e. The van der Waals surface area contributed by atoms with Gasteiger partial charge in [-0.05, 0) is 32.0 Å². The minimum absolute atomic E-state index is 0.0663. The van der Waals surface area contributed by atoms with Crippen molar-refractivity contribution in [3.63, 3.8) is 0 Å². The number of hydrogen-bond donors (Lipinski definition) is 0. The van der Waals surface area contributed by atoms with Crippen LogP contribution in [-0.2, 0) is 9.47 Å². The maximum atomic E-state index is 11.5. The van der Waals surface area contributed by atoms with E-state index < -0.39 is 11.9 Å². The molecular weight excluding hydrogens is 236 g/mol. The average Bonchev–Trinajstić information content (AvgIpc) is 2.35. The molecular formula is C13H16O5. The van der Waals surface area contributed by atoms with Crippen molar-refractivity contribution in [2.45, 2.75) is 20.0 Å². The molecule has 98 valence electrons. The van der Waals surface area contributed by atoms with Gasteiger partial charge in [0, 0.05) is 0 Å². The second kappa shape index (κ2) is 6.05. The molecule has 0 unspecified atom stereocenters.